The molecule has 4 aromatic rings. The lowest BCUT2D eigenvalue weighted by molar-refractivity contribution is 0.102. The zero-order valence-electron chi connectivity index (χ0n) is 18.3. The third-order valence-corrected chi connectivity index (χ3v) is 5.92. The number of pyridine rings is 1. The summed E-state index contributed by atoms with van der Waals surface area (Å²) in [5.74, 6) is -1.04. The summed E-state index contributed by atoms with van der Waals surface area (Å²) >= 11 is 7.11. The SMILES string of the molecule is COc1ccc(Cl)c(F)c1-c1cc(C)ncc1C(=O)Nc1nc2cnc(O[C@H](C)CO)nc2s1. The second kappa shape index (κ2) is 9.84. The summed E-state index contributed by atoms with van der Waals surface area (Å²) in [5, 5.41) is 12.0. The Morgan fingerprint density at radius 3 is 2.82 bits per heavy atom. The van der Waals surface area contributed by atoms with E-state index in [1.807, 2.05) is 0 Å². The largest absolute Gasteiger partial charge is 0.496 e. The predicted octanol–water partition coefficient (Wildman–Crippen LogP) is 4.27. The Morgan fingerprint density at radius 1 is 1.29 bits per heavy atom. The van der Waals surface area contributed by atoms with Crippen molar-refractivity contribution in [3.8, 4) is 22.9 Å². The molecule has 0 unspecified atom stereocenters. The molecular formula is C22H19ClFN5O4S. The molecule has 2 N–H and O–H groups in total. The van der Waals surface area contributed by atoms with Crippen LogP contribution >= 0.6 is 22.9 Å². The van der Waals surface area contributed by atoms with Crippen LogP contribution < -0.4 is 14.8 Å². The molecule has 0 radical (unpaired) electrons. The number of amides is 1. The van der Waals surface area contributed by atoms with Gasteiger partial charge in [0.15, 0.2) is 15.8 Å². The summed E-state index contributed by atoms with van der Waals surface area (Å²) in [7, 11) is 1.40. The van der Waals surface area contributed by atoms with Gasteiger partial charge in [0.2, 0.25) is 0 Å². The molecule has 3 heterocycles. The van der Waals surface area contributed by atoms with Crippen molar-refractivity contribution in [1.29, 1.82) is 0 Å². The molecule has 1 aromatic carbocycles. The van der Waals surface area contributed by atoms with E-state index in [1.54, 1.807) is 19.9 Å². The van der Waals surface area contributed by atoms with E-state index in [1.165, 1.54) is 31.6 Å². The molecule has 1 amide bonds. The van der Waals surface area contributed by atoms with Gasteiger partial charge in [-0.15, -0.1) is 0 Å². The van der Waals surface area contributed by atoms with Crippen molar-refractivity contribution in [2.75, 3.05) is 19.0 Å². The summed E-state index contributed by atoms with van der Waals surface area (Å²) < 4.78 is 25.7. The van der Waals surface area contributed by atoms with Crippen molar-refractivity contribution in [1.82, 2.24) is 19.9 Å². The van der Waals surface area contributed by atoms with E-state index in [-0.39, 0.29) is 45.2 Å². The first-order valence-corrected chi connectivity index (χ1v) is 11.2. The van der Waals surface area contributed by atoms with Gasteiger partial charge in [-0.2, -0.15) is 4.98 Å². The lowest BCUT2D eigenvalue weighted by atomic mass is 9.98. The normalized spacial score (nSPS) is 11.9. The Kier molecular flexibility index (Phi) is 6.87. The van der Waals surface area contributed by atoms with Crippen molar-refractivity contribution in [3.05, 3.63) is 52.7 Å². The summed E-state index contributed by atoms with van der Waals surface area (Å²) in [6, 6.07) is 4.59. The zero-order valence-corrected chi connectivity index (χ0v) is 19.9. The van der Waals surface area contributed by atoms with Gasteiger partial charge in [0, 0.05) is 17.5 Å². The average Bonchev–Trinajstić information content (AvgIpc) is 3.21. The minimum atomic E-state index is -0.708. The minimum absolute atomic E-state index is 0.0561. The molecule has 0 fully saturated rings. The monoisotopic (exact) mass is 503 g/mol. The number of fused-ring (bicyclic) bond motifs is 1. The van der Waals surface area contributed by atoms with Gasteiger partial charge in [-0.3, -0.25) is 15.1 Å². The van der Waals surface area contributed by atoms with Crippen LogP contribution in [0.15, 0.2) is 30.6 Å². The fraction of sp³-hybridized carbons (Fsp3) is 0.227. The predicted molar refractivity (Wildman–Crippen MR) is 126 cm³/mol. The Balaban J connectivity index is 1.69. The van der Waals surface area contributed by atoms with Crippen LogP contribution in [0.3, 0.4) is 0 Å². The van der Waals surface area contributed by atoms with Crippen LogP contribution in [0.25, 0.3) is 21.5 Å². The van der Waals surface area contributed by atoms with E-state index < -0.39 is 17.8 Å². The van der Waals surface area contributed by atoms with Gasteiger partial charge in [-0.05, 0) is 32.0 Å². The zero-order chi connectivity index (χ0) is 24.4. The second-order valence-corrected chi connectivity index (χ2v) is 8.62. The van der Waals surface area contributed by atoms with Gasteiger partial charge in [0.25, 0.3) is 5.91 Å². The quantitative estimate of drug-likeness (QED) is 0.383. The molecule has 0 saturated carbocycles. The van der Waals surface area contributed by atoms with E-state index in [0.717, 1.165) is 11.3 Å². The molecular weight excluding hydrogens is 485 g/mol. The summed E-state index contributed by atoms with van der Waals surface area (Å²) in [5.41, 5.74) is 1.47. The molecule has 3 aromatic heterocycles. The number of hydrogen-bond donors (Lipinski definition) is 2. The summed E-state index contributed by atoms with van der Waals surface area (Å²) in [6.45, 7) is 3.22. The van der Waals surface area contributed by atoms with Crippen molar-refractivity contribution in [3.63, 3.8) is 0 Å². The number of anilines is 1. The van der Waals surface area contributed by atoms with Crippen LogP contribution in [-0.2, 0) is 0 Å². The number of halogens is 2. The average molecular weight is 504 g/mol. The number of nitrogens with one attached hydrogen (secondary N) is 1. The fourth-order valence-corrected chi connectivity index (χ4v) is 4.07. The number of aliphatic hydroxyl groups is 1. The van der Waals surface area contributed by atoms with Gasteiger partial charge in [0.1, 0.15) is 17.4 Å². The number of ether oxygens (including phenoxy) is 2. The van der Waals surface area contributed by atoms with E-state index in [2.05, 4.69) is 25.3 Å². The lowest BCUT2D eigenvalue weighted by Gasteiger charge is -2.14. The van der Waals surface area contributed by atoms with Crippen molar-refractivity contribution < 1.29 is 23.8 Å². The number of carbonyl (C=O) groups excluding carboxylic acids is 1. The smallest absolute Gasteiger partial charge is 0.318 e. The molecule has 9 nitrogen and oxygen atoms in total. The van der Waals surface area contributed by atoms with Gasteiger partial charge in [-0.1, -0.05) is 22.9 Å². The van der Waals surface area contributed by atoms with Crippen LogP contribution in [0.2, 0.25) is 5.02 Å². The van der Waals surface area contributed by atoms with Crippen LogP contribution in [0.4, 0.5) is 9.52 Å². The number of hydrogen-bond acceptors (Lipinski definition) is 9. The Morgan fingerprint density at radius 2 is 2.09 bits per heavy atom. The Labute approximate surface area is 202 Å². The van der Waals surface area contributed by atoms with Gasteiger partial charge in [-0.25, -0.2) is 14.4 Å². The van der Waals surface area contributed by atoms with E-state index in [0.29, 0.717) is 16.0 Å². The van der Waals surface area contributed by atoms with Crippen LogP contribution in [0.1, 0.15) is 23.0 Å². The number of thiazole rings is 1. The first kappa shape index (κ1) is 23.7. The standard InChI is InChI=1S/C22H19ClFN5O4S/c1-10-6-12(17-16(32-3)5-4-14(23)18(17)24)13(7-25-10)19(31)28-22-27-15-8-26-21(29-20(15)34-22)33-11(2)9-30/h4-8,11,30H,9H2,1-3H3,(H,27,28,31)/t11-/m1/s1. The number of aliphatic hydroxyl groups excluding tert-OH is 1. The number of aryl methyl sites for hydroxylation is 1. The number of nitrogens with zero attached hydrogens (tertiary/aromatic N) is 4. The molecule has 34 heavy (non-hydrogen) atoms. The number of benzene rings is 1. The lowest BCUT2D eigenvalue weighted by Crippen LogP contribution is -2.17. The molecule has 0 aliphatic carbocycles. The van der Waals surface area contributed by atoms with E-state index in [4.69, 9.17) is 26.2 Å². The van der Waals surface area contributed by atoms with Gasteiger partial charge in [0.05, 0.1) is 36.1 Å². The van der Waals surface area contributed by atoms with Gasteiger partial charge < -0.3 is 14.6 Å². The third-order valence-electron chi connectivity index (χ3n) is 4.74. The molecule has 0 aliphatic rings. The highest BCUT2D eigenvalue weighted by molar-refractivity contribution is 7.22. The maximum Gasteiger partial charge on any atom is 0.318 e. The molecule has 0 spiro atoms. The fourth-order valence-electron chi connectivity index (χ4n) is 3.11. The minimum Gasteiger partial charge on any atom is -0.496 e. The van der Waals surface area contributed by atoms with Crippen molar-refractivity contribution >= 4 is 44.3 Å². The van der Waals surface area contributed by atoms with Crippen molar-refractivity contribution in [2.45, 2.75) is 20.0 Å². The molecule has 0 aliphatic heterocycles. The summed E-state index contributed by atoms with van der Waals surface area (Å²) in [6.07, 6.45) is 2.34. The highest BCUT2D eigenvalue weighted by Gasteiger charge is 2.23. The Hall–Kier alpha value is -3.41. The molecule has 12 heteroatoms. The maximum atomic E-state index is 15.0. The molecule has 4 rings (SSSR count). The van der Waals surface area contributed by atoms with E-state index >= 15 is 4.39 Å². The van der Waals surface area contributed by atoms with Crippen LogP contribution in [0, 0.1) is 12.7 Å². The topological polar surface area (TPSA) is 119 Å². The third kappa shape index (κ3) is 4.76. The van der Waals surface area contributed by atoms with Crippen LogP contribution in [0.5, 0.6) is 11.8 Å². The highest BCUT2D eigenvalue weighted by atomic mass is 35.5. The van der Waals surface area contributed by atoms with E-state index in [9.17, 15) is 4.79 Å². The molecule has 0 saturated heterocycles. The number of rotatable bonds is 7. The number of methoxy groups -OCH3 is 1. The first-order chi connectivity index (χ1) is 16.3. The first-order valence-electron chi connectivity index (χ1n) is 10.0. The second-order valence-electron chi connectivity index (χ2n) is 7.24. The Bertz CT molecular complexity index is 1380. The molecule has 176 valence electrons. The van der Waals surface area contributed by atoms with Crippen LogP contribution in [-0.4, -0.2) is 50.8 Å². The number of carbonyl (C=O) groups is 1. The van der Waals surface area contributed by atoms with Gasteiger partial charge >= 0.3 is 6.01 Å². The summed E-state index contributed by atoms with van der Waals surface area (Å²) in [4.78, 5) is 30.5. The number of aromatic nitrogens is 4. The molecule has 0 bridgehead atoms. The maximum absolute atomic E-state index is 15.0. The highest BCUT2D eigenvalue weighted by Crippen LogP contribution is 2.38. The van der Waals surface area contributed by atoms with Crippen molar-refractivity contribution in [2.24, 2.45) is 0 Å². The molecule has 1 atom stereocenters.